The molecule has 0 atom stereocenters. The Kier molecular flexibility index (Phi) is 16.4. The molecule has 6 heteroatoms. The minimum atomic E-state index is -1.08. The molecular formula is C19H36N2O4. The third kappa shape index (κ3) is 17.2. The molecule has 0 fully saturated rings. The maximum atomic E-state index is 8.89. The first-order valence-corrected chi connectivity index (χ1v) is 9.48. The SMILES string of the molecule is CC(=O)[O-].CCCCOCCCn1cc[n+](CCCOCCCC)c1. The Balaban J connectivity index is 0.00000129. The lowest BCUT2D eigenvalue weighted by Crippen LogP contribution is -2.31. The number of carbonyl (C=O) groups is 1. The Labute approximate surface area is 152 Å². The number of nitrogens with zero attached hydrogens (tertiary/aromatic N) is 2. The Bertz CT molecular complexity index is 387. The van der Waals surface area contributed by atoms with Crippen molar-refractivity contribution in [3.63, 3.8) is 0 Å². The average molecular weight is 357 g/mol. The molecule has 0 N–H and O–H groups in total. The summed E-state index contributed by atoms with van der Waals surface area (Å²) >= 11 is 0. The number of aromatic nitrogens is 2. The molecule has 0 aliphatic heterocycles. The van der Waals surface area contributed by atoms with E-state index in [1.54, 1.807) is 0 Å². The standard InChI is InChI=1S/C17H33N2O2.C2H4O2/c1-3-5-13-20-15-7-9-18-11-12-19(17-18)10-8-16-21-14-6-4-2;1-2(3)4/h11-12,17H,3-10,13-16H2,1-2H3;1H3,(H,3,4)/q+1;/p-1. The summed E-state index contributed by atoms with van der Waals surface area (Å²) in [6.07, 6.45) is 13.4. The van der Waals surface area contributed by atoms with Gasteiger partial charge < -0.3 is 19.4 Å². The van der Waals surface area contributed by atoms with Crippen molar-refractivity contribution in [2.24, 2.45) is 0 Å². The summed E-state index contributed by atoms with van der Waals surface area (Å²) in [7, 11) is 0. The third-order valence-corrected chi connectivity index (χ3v) is 3.44. The fraction of sp³-hybridized carbons (Fsp3) is 0.789. The summed E-state index contributed by atoms with van der Waals surface area (Å²) in [4.78, 5) is 8.89. The van der Waals surface area contributed by atoms with Crippen molar-refractivity contribution in [3.05, 3.63) is 18.7 Å². The lowest BCUT2D eigenvalue weighted by atomic mass is 10.4. The zero-order valence-corrected chi connectivity index (χ0v) is 16.2. The van der Waals surface area contributed by atoms with Crippen molar-refractivity contribution in [1.82, 2.24) is 4.57 Å². The molecule has 6 nitrogen and oxygen atoms in total. The maximum absolute atomic E-state index is 8.89. The normalized spacial score (nSPS) is 10.4. The molecule has 0 bridgehead atoms. The highest BCUT2D eigenvalue weighted by molar-refractivity contribution is 5.60. The number of carbonyl (C=O) groups excluding carboxylic acids is 1. The number of imidazole rings is 1. The number of hydrogen-bond donors (Lipinski definition) is 0. The van der Waals surface area contributed by atoms with Crippen LogP contribution >= 0.6 is 0 Å². The van der Waals surface area contributed by atoms with Crippen LogP contribution in [0.4, 0.5) is 0 Å². The number of unbranched alkanes of at least 4 members (excludes halogenated alkanes) is 2. The van der Waals surface area contributed by atoms with Gasteiger partial charge >= 0.3 is 0 Å². The first-order valence-electron chi connectivity index (χ1n) is 9.48. The monoisotopic (exact) mass is 356 g/mol. The molecule has 0 aliphatic carbocycles. The molecule has 0 aromatic carbocycles. The van der Waals surface area contributed by atoms with Gasteiger partial charge in [-0.25, -0.2) is 9.13 Å². The predicted molar refractivity (Wildman–Crippen MR) is 96.0 cm³/mol. The van der Waals surface area contributed by atoms with Crippen molar-refractivity contribution >= 4 is 5.97 Å². The van der Waals surface area contributed by atoms with Crippen LogP contribution in [0.1, 0.15) is 59.3 Å². The van der Waals surface area contributed by atoms with Crippen LogP contribution in [-0.4, -0.2) is 37.0 Å². The van der Waals surface area contributed by atoms with E-state index in [0.29, 0.717) is 0 Å². The summed E-state index contributed by atoms with van der Waals surface area (Å²) in [5.74, 6) is -1.08. The van der Waals surface area contributed by atoms with Gasteiger partial charge in [0.2, 0.25) is 6.33 Å². The topological polar surface area (TPSA) is 67.4 Å². The van der Waals surface area contributed by atoms with Crippen LogP contribution in [-0.2, 0) is 27.4 Å². The van der Waals surface area contributed by atoms with E-state index in [9.17, 15) is 0 Å². The van der Waals surface area contributed by atoms with Gasteiger partial charge in [-0.3, -0.25) is 0 Å². The molecule has 25 heavy (non-hydrogen) atoms. The van der Waals surface area contributed by atoms with E-state index < -0.39 is 5.97 Å². The molecule has 0 unspecified atom stereocenters. The minimum Gasteiger partial charge on any atom is -0.550 e. The lowest BCUT2D eigenvalue weighted by Gasteiger charge is -2.02. The molecule has 0 saturated carbocycles. The van der Waals surface area contributed by atoms with E-state index in [0.717, 1.165) is 59.3 Å². The van der Waals surface area contributed by atoms with E-state index in [-0.39, 0.29) is 0 Å². The average Bonchev–Trinajstić information content (AvgIpc) is 3.01. The van der Waals surface area contributed by atoms with Gasteiger partial charge in [-0.1, -0.05) is 26.7 Å². The van der Waals surface area contributed by atoms with Crippen LogP contribution < -0.4 is 9.67 Å². The largest absolute Gasteiger partial charge is 0.550 e. The van der Waals surface area contributed by atoms with Crippen LogP contribution in [0, 0.1) is 0 Å². The number of carboxylic acid groups (broad SMARTS) is 1. The molecular weight excluding hydrogens is 320 g/mol. The molecule has 0 aliphatic rings. The van der Waals surface area contributed by atoms with E-state index >= 15 is 0 Å². The van der Waals surface area contributed by atoms with Gasteiger partial charge in [0.05, 0.1) is 26.3 Å². The second kappa shape index (κ2) is 17.4. The van der Waals surface area contributed by atoms with Crippen molar-refractivity contribution in [3.8, 4) is 0 Å². The number of ether oxygens (including phenoxy) is 2. The third-order valence-electron chi connectivity index (χ3n) is 3.44. The number of aliphatic carboxylic acids is 1. The molecule has 0 spiro atoms. The quantitative estimate of drug-likeness (QED) is 0.377. The maximum Gasteiger partial charge on any atom is 0.243 e. The van der Waals surface area contributed by atoms with Gasteiger partial charge in [-0.15, -0.1) is 0 Å². The first-order chi connectivity index (χ1) is 12.1. The number of rotatable bonds is 14. The van der Waals surface area contributed by atoms with Crippen LogP contribution in [0.3, 0.4) is 0 Å². The second-order valence-electron chi connectivity index (χ2n) is 6.02. The summed E-state index contributed by atoms with van der Waals surface area (Å²) in [6.45, 7) is 11.0. The first kappa shape index (κ1) is 23.6. The van der Waals surface area contributed by atoms with E-state index in [4.69, 9.17) is 19.4 Å². The lowest BCUT2D eigenvalue weighted by molar-refractivity contribution is -0.697. The zero-order valence-electron chi connectivity index (χ0n) is 16.2. The van der Waals surface area contributed by atoms with Crippen LogP contribution in [0.5, 0.6) is 0 Å². The van der Waals surface area contributed by atoms with Crippen LogP contribution in [0.15, 0.2) is 18.7 Å². The number of aryl methyl sites for hydroxylation is 2. The fourth-order valence-electron chi connectivity index (χ4n) is 2.10. The van der Waals surface area contributed by atoms with Crippen molar-refractivity contribution in [2.45, 2.75) is 72.4 Å². The Morgan fingerprint density at radius 2 is 1.52 bits per heavy atom. The zero-order chi connectivity index (χ0) is 18.8. The Morgan fingerprint density at radius 3 is 2.08 bits per heavy atom. The number of carboxylic acids is 1. The summed E-state index contributed by atoms with van der Waals surface area (Å²) in [5.41, 5.74) is 0. The second-order valence-corrected chi connectivity index (χ2v) is 6.02. The molecule has 0 radical (unpaired) electrons. The molecule has 1 aromatic rings. The van der Waals surface area contributed by atoms with E-state index in [1.807, 2.05) is 0 Å². The van der Waals surface area contributed by atoms with Crippen molar-refractivity contribution < 1.29 is 23.9 Å². The van der Waals surface area contributed by atoms with Gasteiger partial charge in [-0.05, 0) is 19.8 Å². The van der Waals surface area contributed by atoms with Gasteiger partial charge in [0.15, 0.2) is 0 Å². The smallest absolute Gasteiger partial charge is 0.243 e. The van der Waals surface area contributed by atoms with Gasteiger partial charge in [0, 0.05) is 32.0 Å². The Hall–Kier alpha value is -1.40. The van der Waals surface area contributed by atoms with Crippen LogP contribution in [0.25, 0.3) is 0 Å². The molecule has 1 aromatic heterocycles. The predicted octanol–water partition coefficient (Wildman–Crippen LogP) is 1.95. The molecule has 146 valence electrons. The van der Waals surface area contributed by atoms with Gasteiger partial charge in [0.25, 0.3) is 0 Å². The summed E-state index contributed by atoms with van der Waals surface area (Å²) in [5, 5.41) is 8.89. The van der Waals surface area contributed by atoms with E-state index in [1.165, 1.54) is 25.7 Å². The van der Waals surface area contributed by atoms with Gasteiger partial charge in [0.1, 0.15) is 12.4 Å². The Morgan fingerprint density at radius 1 is 1.00 bits per heavy atom. The highest BCUT2D eigenvalue weighted by Gasteiger charge is 2.03. The highest BCUT2D eigenvalue weighted by atomic mass is 16.5. The fourth-order valence-corrected chi connectivity index (χ4v) is 2.10. The number of hydrogen-bond acceptors (Lipinski definition) is 4. The van der Waals surface area contributed by atoms with Crippen molar-refractivity contribution in [1.29, 1.82) is 0 Å². The summed E-state index contributed by atoms with van der Waals surface area (Å²) < 4.78 is 15.6. The van der Waals surface area contributed by atoms with Crippen LogP contribution in [0.2, 0.25) is 0 Å². The molecule has 1 heterocycles. The van der Waals surface area contributed by atoms with Gasteiger partial charge in [-0.2, -0.15) is 0 Å². The summed E-state index contributed by atoms with van der Waals surface area (Å²) in [6, 6.07) is 0. The molecule has 0 saturated heterocycles. The molecule has 0 amide bonds. The minimum absolute atomic E-state index is 0.865. The highest BCUT2D eigenvalue weighted by Crippen LogP contribution is 1.94. The van der Waals surface area contributed by atoms with E-state index in [2.05, 4.69) is 41.7 Å². The van der Waals surface area contributed by atoms with Crippen molar-refractivity contribution in [2.75, 3.05) is 26.4 Å². The molecule has 1 rings (SSSR count).